The fourth-order valence-electron chi connectivity index (χ4n) is 2.92. The second kappa shape index (κ2) is 9.47. The number of thioether (sulfide) groups is 1. The molecule has 0 saturated heterocycles. The van der Waals surface area contributed by atoms with Crippen molar-refractivity contribution in [1.82, 2.24) is 9.55 Å². The van der Waals surface area contributed by atoms with E-state index in [-0.39, 0.29) is 11.1 Å². The van der Waals surface area contributed by atoms with Crippen molar-refractivity contribution in [2.45, 2.75) is 30.1 Å². The van der Waals surface area contributed by atoms with Crippen LogP contribution >= 0.6 is 11.8 Å². The molecule has 1 unspecified atom stereocenters. The van der Waals surface area contributed by atoms with Gasteiger partial charge in [-0.15, -0.1) is 0 Å². The number of nitrogens with zero attached hydrogens (tertiary/aromatic N) is 3. The van der Waals surface area contributed by atoms with Crippen molar-refractivity contribution in [1.29, 1.82) is 0 Å². The Balaban J connectivity index is 1.77. The summed E-state index contributed by atoms with van der Waals surface area (Å²) in [6, 6.07) is 16.1. The highest BCUT2D eigenvalue weighted by Gasteiger charge is 2.31. The summed E-state index contributed by atoms with van der Waals surface area (Å²) in [7, 11) is 3.83. The molecule has 1 amide bonds. The van der Waals surface area contributed by atoms with Crippen molar-refractivity contribution >= 4 is 29.0 Å². The molecule has 0 aliphatic carbocycles. The number of nitrogens with one attached hydrogen (secondary N) is 1. The number of halogens is 3. The number of amides is 1. The summed E-state index contributed by atoms with van der Waals surface area (Å²) in [5.74, 6) is -0.314. The van der Waals surface area contributed by atoms with Crippen molar-refractivity contribution in [3.05, 3.63) is 60.8 Å². The average molecular weight is 449 g/mol. The minimum atomic E-state index is -4.42. The molecule has 1 atom stereocenters. The third-order valence-electron chi connectivity index (χ3n) is 4.53. The van der Waals surface area contributed by atoms with Crippen LogP contribution < -0.4 is 10.2 Å². The highest BCUT2D eigenvalue weighted by atomic mass is 32.2. The van der Waals surface area contributed by atoms with Crippen LogP contribution in [0.15, 0.2) is 66.0 Å². The van der Waals surface area contributed by atoms with Crippen molar-refractivity contribution < 1.29 is 18.0 Å². The van der Waals surface area contributed by atoms with Gasteiger partial charge in [-0.3, -0.25) is 4.79 Å². The number of carbonyl (C=O) groups is 1. The van der Waals surface area contributed by atoms with Gasteiger partial charge in [0.2, 0.25) is 5.91 Å². The second-order valence-electron chi connectivity index (χ2n) is 7.18. The van der Waals surface area contributed by atoms with Gasteiger partial charge in [-0.1, -0.05) is 42.1 Å². The Hall–Kier alpha value is -2.94. The largest absolute Gasteiger partial charge is 0.406 e. The van der Waals surface area contributed by atoms with E-state index in [9.17, 15) is 18.0 Å². The molecule has 31 heavy (non-hydrogen) atoms. The molecule has 0 fully saturated rings. The highest BCUT2D eigenvalue weighted by Crippen LogP contribution is 2.32. The first kappa shape index (κ1) is 22.7. The van der Waals surface area contributed by atoms with E-state index in [0.717, 1.165) is 22.0 Å². The molecule has 0 radical (unpaired) electrons. The van der Waals surface area contributed by atoms with Crippen LogP contribution in [0.4, 0.5) is 24.5 Å². The van der Waals surface area contributed by atoms with Gasteiger partial charge in [-0.2, -0.15) is 13.2 Å². The molecule has 3 rings (SSSR count). The van der Waals surface area contributed by atoms with Crippen LogP contribution in [0, 0.1) is 0 Å². The summed E-state index contributed by atoms with van der Waals surface area (Å²) >= 11 is 0.993. The standard InChI is InChI=1S/C22H23F3N4OS/c1-15(20(30)27-17-9-11-18(12-10-17)28(2)3)31-21-26-13-19(16-7-5-4-6-8-16)29(21)14-22(23,24)25/h4-13,15H,14H2,1-3H3,(H,27,30). The summed E-state index contributed by atoms with van der Waals surface area (Å²) in [5.41, 5.74) is 2.59. The van der Waals surface area contributed by atoms with Crippen molar-refractivity contribution in [3.8, 4) is 11.3 Å². The summed E-state index contributed by atoms with van der Waals surface area (Å²) < 4.78 is 40.8. The lowest BCUT2D eigenvalue weighted by Crippen LogP contribution is -2.24. The number of anilines is 2. The molecular formula is C22H23F3N4OS. The Morgan fingerprint density at radius 2 is 1.77 bits per heavy atom. The SMILES string of the molecule is CC(Sc1ncc(-c2ccccc2)n1CC(F)(F)F)C(=O)Nc1ccc(N(C)C)cc1. The maximum atomic E-state index is 13.2. The number of alkyl halides is 3. The minimum absolute atomic E-state index is 0.141. The van der Waals surface area contributed by atoms with Crippen LogP contribution in [0.1, 0.15) is 6.92 Å². The molecule has 0 spiro atoms. The fourth-order valence-corrected chi connectivity index (χ4v) is 3.81. The van der Waals surface area contributed by atoms with Crippen LogP contribution in [-0.4, -0.2) is 41.0 Å². The molecule has 2 aromatic carbocycles. The van der Waals surface area contributed by atoms with Gasteiger partial charge < -0.3 is 14.8 Å². The van der Waals surface area contributed by atoms with Crippen molar-refractivity contribution in [2.24, 2.45) is 0 Å². The lowest BCUT2D eigenvalue weighted by molar-refractivity contribution is -0.141. The minimum Gasteiger partial charge on any atom is -0.378 e. The lowest BCUT2D eigenvalue weighted by atomic mass is 10.2. The Kier molecular flexibility index (Phi) is 6.94. The number of hydrogen-bond donors (Lipinski definition) is 1. The van der Waals surface area contributed by atoms with Crippen LogP contribution in [0.25, 0.3) is 11.3 Å². The van der Waals surface area contributed by atoms with Crippen LogP contribution in [-0.2, 0) is 11.3 Å². The second-order valence-corrected chi connectivity index (χ2v) is 8.49. The quantitative estimate of drug-likeness (QED) is 0.499. The molecule has 9 heteroatoms. The van der Waals surface area contributed by atoms with Crippen LogP contribution in [0.5, 0.6) is 0 Å². The molecule has 0 bridgehead atoms. The molecule has 0 aliphatic heterocycles. The van der Waals surface area contributed by atoms with Gasteiger partial charge in [-0.25, -0.2) is 4.98 Å². The molecule has 164 valence electrons. The van der Waals surface area contributed by atoms with Crippen molar-refractivity contribution in [2.75, 3.05) is 24.3 Å². The molecule has 5 nitrogen and oxygen atoms in total. The van der Waals surface area contributed by atoms with Gasteiger partial charge >= 0.3 is 6.18 Å². The van der Waals surface area contributed by atoms with Gasteiger partial charge in [0.25, 0.3) is 0 Å². The number of aromatic nitrogens is 2. The average Bonchev–Trinajstić information content (AvgIpc) is 3.09. The lowest BCUT2D eigenvalue weighted by Gasteiger charge is -2.17. The molecule has 1 N–H and O–H groups in total. The first-order valence-corrected chi connectivity index (χ1v) is 10.4. The number of benzene rings is 2. The monoisotopic (exact) mass is 448 g/mol. The number of imidazole rings is 1. The predicted octanol–water partition coefficient (Wildman–Crippen LogP) is 5.30. The molecule has 1 heterocycles. The van der Waals surface area contributed by atoms with E-state index in [1.54, 1.807) is 49.4 Å². The third kappa shape index (κ3) is 6.04. The molecule has 1 aromatic heterocycles. The molecule has 3 aromatic rings. The van der Waals surface area contributed by atoms with Gasteiger partial charge in [0.15, 0.2) is 5.16 Å². The fraction of sp³-hybridized carbons (Fsp3) is 0.273. The zero-order valence-electron chi connectivity index (χ0n) is 17.3. The Morgan fingerprint density at radius 3 is 2.35 bits per heavy atom. The van der Waals surface area contributed by atoms with E-state index >= 15 is 0 Å². The van der Waals surface area contributed by atoms with E-state index < -0.39 is 18.0 Å². The van der Waals surface area contributed by atoms with Crippen LogP contribution in [0.3, 0.4) is 0 Å². The first-order chi connectivity index (χ1) is 14.6. The van der Waals surface area contributed by atoms with E-state index in [0.29, 0.717) is 16.9 Å². The predicted molar refractivity (Wildman–Crippen MR) is 118 cm³/mol. The van der Waals surface area contributed by atoms with Crippen LogP contribution in [0.2, 0.25) is 0 Å². The van der Waals surface area contributed by atoms with Crippen molar-refractivity contribution in [3.63, 3.8) is 0 Å². The first-order valence-electron chi connectivity index (χ1n) is 9.56. The van der Waals surface area contributed by atoms with Gasteiger partial charge in [-0.05, 0) is 36.8 Å². The molecule has 0 saturated carbocycles. The zero-order valence-corrected chi connectivity index (χ0v) is 18.2. The topological polar surface area (TPSA) is 50.2 Å². The maximum absolute atomic E-state index is 13.2. The molecular weight excluding hydrogens is 425 g/mol. The van der Waals surface area contributed by atoms with Gasteiger partial charge in [0, 0.05) is 25.5 Å². The number of hydrogen-bond acceptors (Lipinski definition) is 4. The Labute approximate surface area is 183 Å². The number of rotatable bonds is 7. The summed E-state index contributed by atoms with van der Waals surface area (Å²) in [5, 5.41) is 2.29. The number of carbonyl (C=O) groups excluding carboxylic acids is 1. The molecule has 0 aliphatic rings. The third-order valence-corrected chi connectivity index (χ3v) is 5.63. The summed E-state index contributed by atoms with van der Waals surface area (Å²) in [4.78, 5) is 18.7. The van der Waals surface area contributed by atoms with E-state index in [1.165, 1.54) is 6.20 Å². The van der Waals surface area contributed by atoms with Gasteiger partial charge in [0.05, 0.1) is 17.1 Å². The van der Waals surface area contributed by atoms with E-state index in [2.05, 4.69) is 10.3 Å². The van der Waals surface area contributed by atoms with Gasteiger partial charge in [0.1, 0.15) is 6.54 Å². The zero-order chi connectivity index (χ0) is 22.6. The van der Waals surface area contributed by atoms with E-state index in [1.807, 2.05) is 31.1 Å². The summed E-state index contributed by atoms with van der Waals surface area (Å²) in [6.45, 7) is 0.461. The summed E-state index contributed by atoms with van der Waals surface area (Å²) in [6.07, 6.45) is -3.01. The Bertz CT molecular complexity index is 1020. The maximum Gasteiger partial charge on any atom is 0.406 e. The highest BCUT2D eigenvalue weighted by molar-refractivity contribution is 8.00. The Morgan fingerprint density at radius 1 is 1.13 bits per heavy atom. The smallest absolute Gasteiger partial charge is 0.378 e. The normalized spacial score (nSPS) is 12.5. The van der Waals surface area contributed by atoms with E-state index in [4.69, 9.17) is 0 Å².